The minimum Gasteiger partial charge on any atom is -0.466 e. The molecule has 1 amide bonds. The van der Waals surface area contributed by atoms with Gasteiger partial charge in [0.15, 0.2) is 5.13 Å². The Morgan fingerprint density at radius 2 is 1.79 bits per heavy atom. The molecule has 5 nitrogen and oxygen atoms in total. The third-order valence-corrected chi connectivity index (χ3v) is 5.10. The van der Waals surface area contributed by atoms with Crippen molar-refractivity contribution in [3.8, 4) is 11.3 Å². The summed E-state index contributed by atoms with van der Waals surface area (Å²) in [5.74, 6) is -0.499. The zero-order valence-corrected chi connectivity index (χ0v) is 16.8. The van der Waals surface area contributed by atoms with E-state index < -0.39 is 0 Å². The maximum Gasteiger partial charge on any atom is 0.311 e. The van der Waals surface area contributed by atoms with E-state index in [1.165, 1.54) is 11.3 Å². The third kappa shape index (κ3) is 5.41. The molecule has 0 aliphatic carbocycles. The minimum absolute atomic E-state index is 0.114. The number of halogens is 1. The fourth-order valence-corrected chi connectivity index (χ4v) is 3.75. The molecule has 2 aromatic carbocycles. The first-order valence-corrected chi connectivity index (χ1v) is 9.99. The van der Waals surface area contributed by atoms with Gasteiger partial charge in [-0.1, -0.05) is 54.1 Å². The molecule has 0 fully saturated rings. The quantitative estimate of drug-likeness (QED) is 0.566. The molecule has 0 spiro atoms. The lowest BCUT2D eigenvalue weighted by molar-refractivity contribution is -0.142. The number of amides is 1. The Kier molecular flexibility index (Phi) is 6.79. The summed E-state index contributed by atoms with van der Waals surface area (Å²) in [6, 6.07) is 16.7. The Balaban J connectivity index is 1.78. The normalized spacial score (nSPS) is 10.5. The summed E-state index contributed by atoms with van der Waals surface area (Å²) in [7, 11) is 0. The zero-order chi connectivity index (χ0) is 19.9. The van der Waals surface area contributed by atoms with Crippen molar-refractivity contribution in [2.75, 3.05) is 11.9 Å². The van der Waals surface area contributed by atoms with E-state index in [0.717, 1.165) is 16.0 Å². The topological polar surface area (TPSA) is 68.3 Å². The van der Waals surface area contributed by atoms with E-state index in [1.54, 1.807) is 19.1 Å². The predicted octanol–water partition coefficient (Wildman–Crippen LogP) is 4.75. The summed E-state index contributed by atoms with van der Waals surface area (Å²) < 4.78 is 5.06. The first-order valence-electron chi connectivity index (χ1n) is 8.80. The first kappa shape index (κ1) is 20.0. The van der Waals surface area contributed by atoms with E-state index in [1.807, 2.05) is 42.5 Å². The number of hydrogen-bond donors (Lipinski definition) is 1. The van der Waals surface area contributed by atoms with Crippen molar-refractivity contribution >= 4 is 39.9 Å². The maximum absolute atomic E-state index is 12.4. The van der Waals surface area contributed by atoms with Crippen molar-refractivity contribution in [1.29, 1.82) is 0 Å². The highest BCUT2D eigenvalue weighted by molar-refractivity contribution is 7.16. The van der Waals surface area contributed by atoms with Crippen LogP contribution < -0.4 is 5.32 Å². The number of ether oxygens (including phenoxy) is 1. The van der Waals surface area contributed by atoms with Crippen molar-refractivity contribution in [3.63, 3.8) is 0 Å². The van der Waals surface area contributed by atoms with E-state index in [2.05, 4.69) is 10.3 Å². The lowest BCUT2D eigenvalue weighted by Gasteiger charge is -2.02. The van der Waals surface area contributed by atoms with Crippen molar-refractivity contribution in [2.24, 2.45) is 0 Å². The lowest BCUT2D eigenvalue weighted by atomic mass is 10.1. The Hall–Kier alpha value is -2.70. The Morgan fingerprint density at radius 3 is 2.46 bits per heavy atom. The van der Waals surface area contributed by atoms with Gasteiger partial charge in [-0.15, -0.1) is 11.3 Å². The van der Waals surface area contributed by atoms with Crippen LogP contribution in [0.5, 0.6) is 0 Å². The molecular formula is C21H19ClN2O3S. The second kappa shape index (κ2) is 9.48. The van der Waals surface area contributed by atoms with Crippen molar-refractivity contribution in [2.45, 2.75) is 19.8 Å². The summed E-state index contributed by atoms with van der Waals surface area (Å²) in [6.45, 7) is 2.09. The number of nitrogens with zero attached hydrogens (tertiary/aromatic N) is 1. The molecule has 0 saturated carbocycles. The molecule has 0 atom stereocenters. The van der Waals surface area contributed by atoms with Crippen LogP contribution in [0.2, 0.25) is 5.02 Å². The SMILES string of the molecule is CCOC(=O)Cc1sc(NC(=O)Cc2ccc(Cl)cc2)nc1-c1ccccc1. The average Bonchev–Trinajstić information content (AvgIpc) is 3.06. The molecular weight excluding hydrogens is 396 g/mol. The van der Waals surface area contributed by atoms with Gasteiger partial charge in [-0.25, -0.2) is 4.98 Å². The van der Waals surface area contributed by atoms with Crippen LogP contribution >= 0.6 is 22.9 Å². The van der Waals surface area contributed by atoms with Gasteiger partial charge in [0.2, 0.25) is 5.91 Å². The van der Waals surface area contributed by atoms with Gasteiger partial charge in [0.05, 0.1) is 25.1 Å². The molecule has 0 radical (unpaired) electrons. The maximum atomic E-state index is 12.4. The second-order valence-electron chi connectivity index (χ2n) is 5.99. The van der Waals surface area contributed by atoms with Crippen LogP contribution in [0.3, 0.4) is 0 Å². The van der Waals surface area contributed by atoms with Crippen molar-refractivity contribution < 1.29 is 14.3 Å². The molecule has 0 aliphatic heterocycles. The van der Waals surface area contributed by atoms with E-state index in [4.69, 9.17) is 16.3 Å². The van der Waals surface area contributed by atoms with E-state index in [-0.39, 0.29) is 24.7 Å². The molecule has 0 aliphatic rings. The largest absolute Gasteiger partial charge is 0.466 e. The number of aromatic nitrogens is 1. The summed E-state index contributed by atoms with van der Waals surface area (Å²) in [6.07, 6.45) is 0.327. The van der Waals surface area contributed by atoms with Crippen LogP contribution in [0.15, 0.2) is 54.6 Å². The Bertz CT molecular complexity index is 956. The number of hydrogen-bond acceptors (Lipinski definition) is 5. The van der Waals surface area contributed by atoms with Crippen LogP contribution in [-0.2, 0) is 27.2 Å². The fraction of sp³-hybridized carbons (Fsp3) is 0.190. The van der Waals surface area contributed by atoms with Crippen LogP contribution in [0.25, 0.3) is 11.3 Å². The molecule has 3 aromatic rings. The highest BCUT2D eigenvalue weighted by atomic mass is 35.5. The molecule has 1 N–H and O–H groups in total. The number of esters is 1. The number of nitrogens with one attached hydrogen (secondary N) is 1. The van der Waals surface area contributed by atoms with Gasteiger partial charge in [-0.05, 0) is 24.6 Å². The highest BCUT2D eigenvalue weighted by Crippen LogP contribution is 2.32. The summed E-state index contributed by atoms with van der Waals surface area (Å²) in [5.41, 5.74) is 2.42. The molecule has 0 saturated heterocycles. The molecule has 1 aromatic heterocycles. The number of thiazole rings is 1. The highest BCUT2D eigenvalue weighted by Gasteiger charge is 2.18. The number of benzene rings is 2. The van der Waals surface area contributed by atoms with Gasteiger partial charge in [0.25, 0.3) is 0 Å². The van der Waals surface area contributed by atoms with Crippen LogP contribution in [0.4, 0.5) is 5.13 Å². The standard InChI is InChI=1S/C21H19ClN2O3S/c1-2-27-19(26)13-17-20(15-6-4-3-5-7-15)24-21(28-17)23-18(25)12-14-8-10-16(22)11-9-14/h3-11H,2,12-13H2,1H3,(H,23,24,25). The number of carbonyl (C=O) groups is 2. The van der Waals surface area contributed by atoms with Crippen molar-refractivity contribution in [3.05, 3.63) is 70.1 Å². The lowest BCUT2D eigenvalue weighted by Crippen LogP contribution is -2.14. The first-order chi connectivity index (χ1) is 13.5. The van der Waals surface area contributed by atoms with Crippen molar-refractivity contribution in [1.82, 2.24) is 4.98 Å². The smallest absolute Gasteiger partial charge is 0.311 e. The fourth-order valence-electron chi connectivity index (χ4n) is 2.64. The summed E-state index contributed by atoms with van der Waals surface area (Å²) in [5, 5.41) is 3.91. The molecule has 28 heavy (non-hydrogen) atoms. The molecule has 1 heterocycles. The molecule has 3 rings (SSSR count). The van der Waals surface area contributed by atoms with Gasteiger partial charge >= 0.3 is 5.97 Å². The monoisotopic (exact) mass is 414 g/mol. The molecule has 144 valence electrons. The number of rotatable bonds is 7. The van der Waals surface area contributed by atoms with Crippen LogP contribution in [0.1, 0.15) is 17.4 Å². The van der Waals surface area contributed by atoms with E-state index in [9.17, 15) is 9.59 Å². The minimum atomic E-state index is -0.317. The predicted molar refractivity (Wildman–Crippen MR) is 112 cm³/mol. The average molecular weight is 415 g/mol. The number of carbonyl (C=O) groups excluding carboxylic acids is 2. The molecule has 0 bridgehead atoms. The van der Waals surface area contributed by atoms with E-state index in [0.29, 0.717) is 22.5 Å². The second-order valence-corrected chi connectivity index (χ2v) is 7.51. The van der Waals surface area contributed by atoms with Gasteiger partial charge in [-0.3, -0.25) is 9.59 Å². The summed E-state index contributed by atoms with van der Waals surface area (Å²) in [4.78, 5) is 29.6. The van der Waals surface area contributed by atoms with Gasteiger partial charge in [-0.2, -0.15) is 0 Å². The summed E-state index contributed by atoms with van der Waals surface area (Å²) >= 11 is 7.16. The Morgan fingerprint density at radius 1 is 1.07 bits per heavy atom. The van der Waals surface area contributed by atoms with Gasteiger partial charge in [0.1, 0.15) is 0 Å². The van der Waals surface area contributed by atoms with Gasteiger partial charge < -0.3 is 10.1 Å². The van der Waals surface area contributed by atoms with Crippen LogP contribution in [0, 0.1) is 0 Å². The Labute approximate surface area is 172 Å². The molecule has 7 heteroatoms. The van der Waals surface area contributed by atoms with Crippen LogP contribution in [-0.4, -0.2) is 23.5 Å². The molecule has 0 unspecified atom stereocenters. The van der Waals surface area contributed by atoms with Gasteiger partial charge in [0, 0.05) is 15.5 Å². The zero-order valence-electron chi connectivity index (χ0n) is 15.3. The third-order valence-electron chi connectivity index (χ3n) is 3.88. The van der Waals surface area contributed by atoms with E-state index >= 15 is 0 Å². The number of anilines is 1.